The quantitative estimate of drug-likeness (QED) is 0.669. The highest BCUT2D eigenvalue weighted by Crippen LogP contribution is 2.25. The number of rotatable bonds is 4. The van der Waals surface area contributed by atoms with Gasteiger partial charge < -0.3 is 0 Å². The van der Waals surface area contributed by atoms with Gasteiger partial charge in [-0.2, -0.15) is 0 Å². The first kappa shape index (κ1) is 13.6. The van der Waals surface area contributed by atoms with Gasteiger partial charge >= 0.3 is 0 Å². The molecule has 0 aliphatic heterocycles. The lowest BCUT2D eigenvalue weighted by molar-refractivity contribution is 0.534. The Labute approximate surface area is 117 Å². The van der Waals surface area contributed by atoms with Crippen molar-refractivity contribution in [2.75, 3.05) is 0 Å². The zero-order valence-corrected chi connectivity index (χ0v) is 12.2. The number of benzene rings is 1. The average molecular weight is 330 g/mol. The van der Waals surface area contributed by atoms with Crippen molar-refractivity contribution in [1.29, 1.82) is 0 Å². The van der Waals surface area contributed by atoms with E-state index >= 15 is 0 Å². The third-order valence-corrected chi connectivity index (χ3v) is 4.14. The van der Waals surface area contributed by atoms with Crippen LogP contribution in [0.4, 0.5) is 4.39 Å². The smallest absolute Gasteiger partial charge is 0.126 e. The summed E-state index contributed by atoms with van der Waals surface area (Å²) in [5, 5.41) is 0.972. The Morgan fingerprint density at radius 2 is 2.33 bits per heavy atom. The van der Waals surface area contributed by atoms with Gasteiger partial charge in [-0.3, -0.25) is 11.3 Å². The number of aryl methyl sites for hydroxylation is 1. The zero-order valence-electron chi connectivity index (χ0n) is 9.78. The van der Waals surface area contributed by atoms with E-state index in [4.69, 9.17) is 5.84 Å². The molecule has 0 spiro atoms. The highest BCUT2D eigenvalue weighted by atomic mass is 79.9. The lowest BCUT2D eigenvalue weighted by atomic mass is 10.1. The van der Waals surface area contributed by atoms with Gasteiger partial charge in [0.25, 0.3) is 0 Å². The molecule has 0 aliphatic rings. The molecule has 18 heavy (non-hydrogen) atoms. The molecule has 1 aromatic heterocycles. The van der Waals surface area contributed by atoms with Crippen molar-refractivity contribution in [1.82, 2.24) is 10.4 Å². The third kappa shape index (κ3) is 3.14. The fraction of sp³-hybridized carbons (Fsp3) is 0.250. The van der Waals surface area contributed by atoms with Gasteiger partial charge in [0.15, 0.2) is 0 Å². The van der Waals surface area contributed by atoms with E-state index in [2.05, 4.69) is 26.3 Å². The first-order chi connectivity index (χ1) is 8.60. The molecule has 3 nitrogen and oxygen atoms in total. The summed E-state index contributed by atoms with van der Waals surface area (Å²) >= 11 is 4.90. The average Bonchev–Trinajstić information content (AvgIpc) is 2.77. The van der Waals surface area contributed by atoms with E-state index in [-0.39, 0.29) is 11.9 Å². The number of nitrogens with two attached hydrogens (primary N) is 1. The minimum atomic E-state index is -0.223. The Hall–Kier alpha value is -0.820. The van der Waals surface area contributed by atoms with Crippen molar-refractivity contribution >= 4 is 27.3 Å². The van der Waals surface area contributed by atoms with Gasteiger partial charge in [-0.15, -0.1) is 11.3 Å². The molecule has 0 amide bonds. The van der Waals surface area contributed by atoms with Crippen LogP contribution >= 0.6 is 27.3 Å². The van der Waals surface area contributed by atoms with E-state index in [0.717, 1.165) is 14.4 Å². The summed E-state index contributed by atoms with van der Waals surface area (Å²) in [6, 6.07) is 4.78. The highest BCUT2D eigenvalue weighted by Gasteiger charge is 2.15. The predicted octanol–water partition coefficient (Wildman–Crippen LogP) is 3.10. The van der Waals surface area contributed by atoms with Crippen LogP contribution < -0.4 is 11.3 Å². The summed E-state index contributed by atoms with van der Waals surface area (Å²) in [4.78, 5) is 5.20. The van der Waals surface area contributed by atoms with E-state index in [1.807, 2.05) is 6.92 Å². The van der Waals surface area contributed by atoms with Gasteiger partial charge in [0.05, 0.1) is 11.0 Å². The molecule has 96 valence electrons. The first-order valence-electron chi connectivity index (χ1n) is 5.42. The van der Waals surface area contributed by atoms with Crippen molar-refractivity contribution in [3.05, 3.63) is 50.1 Å². The number of thiazole rings is 1. The summed E-state index contributed by atoms with van der Waals surface area (Å²) in [7, 11) is 0. The Morgan fingerprint density at radius 1 is 1.56 bits per heavy atom. The molecule has 2 aromatic rings. The third-order valence-electron chi connectivity index (χ3n) is 2.62. The van der Waals surface area contributed by atoms with Gasteiger partial charge in [0, 0.05) is 15.5 Å². The van der Waals surface area contributed by atoms with Gasteiger partial charge in [-0.05, 0) is 37.1 Å². The van der Waals surface area contributed by atoms with Crippen LogP contribution in [-0.2, 0) is 6.42 Å². The topological polar surface area (TPSA) is 50.9 Å². The van der Waals surface area contributed by atoms with Crippen LogP contribution in [-0.4, -0.2) is 4.98 Å². The second-order valence-corrected chi connectivity index (χ2v) is 6.12. The fourth-order valence-electron chi connectivity index (χ4n) is 1.70. The maximum Gasteiger partial charge on any atom is 0.126 e. The van der Waals surface area contributed by atoms with Gasteiger partial charge in [0.1, 0.15) is 5.82 Å². The van der Waals surface area contributed by atoms with Gasteiger partial charge in [-0.1, -0.05) is 15.9 Å². The molecule has 1 heterocycles. The summed E-state index contributed by atoms with van der Waals surface area (Å²) in [6.07, 6.45) is 2.27. The fourth-order valence-corrected chi connectivity index (χ4v) is 2.95. The molecule has 1 atom stereocenters. The minimum absolute atomic E-state index is 0.125. The van der Waals surface area contributed by atoms with Crippen LogP contribution in [0.1, 0.15) is 21.5 Å². The predicted molar refractivity (Wildman–Crippen MR) is 74.7 cm³/mol. The van der Waals surface area contributed by atoms with Crippen molar-refractivity contribution in [2.45, 2.75) is 19.4 Å². The zero-order chi connectivity index (χ0) is 13.1. The molecule has 0 radical (unpaired) electrons. The number of halogens is 2. The molecule has 0 aliphatic carbocycles. The normalized spacial score (nSPS) is 12.7. The van der Waals surface area contributed by atoms with Crippen LogP contribution in [0.25, 0.3) is 0 Å². The molecule has 0 saturated heterocycles. The van der Waals surface area contributed by atoms with Crippen LogP contribution in [0.15, 0.2) is 28.9 Å². The van der Waals surface area contributed by atoms with E-state index in [1.54, 1.807) is 29.7 Å². The Balaban J connectivity index is 2.22. The van der Waals surface area contributed by atoms with Crippen LogP contribution in [0.3, 0.4) is 0 Å². The number of nitrogens with zero attached hydrogens (tertiary/aromatic N) is 1. The summed E-state index contributed by atoms with van der Waals surface area (Å²) in [5.41, 5.74) is 3.34. The molecule has 0 bridgehead atoms. The van der Waals surface area contributed by atoms with Crippen molar-refractivity contribution in [3.8, 4) is 0 Å². The SMILES string of the molecule is Cc1ncc(C(Cc2cc(Br)ccc2F)NN)s1. The lowest BCUT2D eigenvalue weighted by Gasteiger charge is -2.14. The number of hydrazine groups is 1. The van der Waals surface area contributed by atoms with E-state index < -0.39 is 0 Å². The van der Waals surface area contributed by atoms with Crippen molar-refractivity contribution in [3.63, 3.8) is 0 Å². The largest absolute Gasteiger partial charge is 0.271 e. The monoisotopic (exact) mass is 329 g/mol. The molecular formula is C12H13BrFN3S. The van der Waals surface area contributed by atoms with E-state index in [1.165, 1.54) is 6.07 Å². The molecule has 1 unspecified atom stereocenters. The van der Waals surface area contributed by atoms with E-state index in [9.17, 15) is 4.39 Å². The van der Waals surface area contributed by atoms with Crippen molar-refractivity contribution < 1.29 is 4.39 Å². The maximum atomic E-state index is 13.7. The standard InChI is InChI=1S/C12H13BrFN3S/c1-7-16-6-12(18-7)11(17-15)5-8-4-9(13)2-3-10(8)14/h2-4,6,11,17H,5,15H2,1H3. The Morgan fingerprint density at radius 3 is 2.94 bits per heavy atom. The highest BCUT2D eigenvalue weighted by molar-refractivity contribution is 9.10. The Bertz CT molecular complexity index is 544. The van der Waals surface area contributed by atoms with Gasteiger partial charge in [0.2, 0.25) is 0 Å². The number of nitrogens with one attached hydrogen (secondary N) is 1. The summed E-state index contributed by atoms with van der Waals surface area (Å²) < 4.78 is 14.5. The lowest BCUT2D eigenvalue weighted by Crippen LogP contribution is -2.29. The second-order valence-electron chi connectivity index (χ2n) is 3.94. The van der Waals surface area contributed by atoms with E-state index in [0.29, 0.717) is 12.0 Å². The molecule has 6 heteroatoms. The van der Waals surface area contributed by atoms with Gasteiger partial charge in [-0.25, -0.2) is 9.37 Å². The second kappa shape index (κ2) is 5.88. The maximum absolute atomic E-state index is 13.7. The number of aromatic nitrogens is 1. The first-order valence-corrected chi connectivity index (χ1v) is 7.03. The summed E-state index contributed by atoms with van der Waals surface area (Å²) in [5.74, 6) is 5.32. The molecule has 0 fully saturated rings. The number of hydrogen-bond acceptors (Lipinski definition) is 4. The van der Waals surface area contributed by atoms with Crippen LogP contribution in [0.5, 0.6) is 0 Å². The Kier molecular flexibility index (Phi) is 4.45. The molecule has 1 aromatic carbocycles. The molecule has 2 rings (SSSR count). The molecular weight excluding hydrogens is 317 g/mol. The number of hydrogen-bond donors (Lipinski definition) is 2. The van der Waals surface area contributed by atoms with Crippen LogP contribution in [0.2, 0.25) is 0 Å². The summed E-state index contributed by atoms with van der Waals surface area (Å²) in [6.45, 7) is 1.93. The van der Waals surface area contributed by atoms with Crippen molar-refractivity contribution in [2.24, 2.45) is 5.84 Å². The van der Waals surface area contributed by atoms with Crippen LogP contribution in [0, 0.1) is 12.7 Å². The molecule has 3 N–H and O–H groups in total. The minimum Gasteiger partial charge on any atom is -0.271 e. The molecule has 0 saturated carbocycles.